The fourth-order valence-electron chi connectivity index (χ4n) is 1.96. The summed E-state index contributed by atoms with van der Waals surface area (Å²) < 4.78 is 13.0. The highest BCUT2D eigenvalue weighted by atomic mass is 35.5. The molecule has 0 aliphatic rings. The number of hydrogen-bond acceptors (Lipinski definition) is 2. The molecule has 0 bridgehead atoms. The first-order valence-electron chi connectivity index (χ1n) is 6.31. The number of nitrogens with one attached hydrogen (secondary N) is 1. The van der Waals surface area contributed by atoms with E-state index in [1.807, 2.05) is 12.1 Å². The number of anilines is 1. The molecule has 2 aromatic rings. The first-order chi connectivity index (χ1) is 9.54. The van der Waals surface area contributed by atoms with Crippen molar-refractivity contribution in [2.24, 2.45) is 0 Å². The van der Waals surface area contributed by atoms with Crippen molar-refractivity contribution in [3.8, 4) is 0 Å². The van der Waals surface area contributed by atoms with Gasteiger partial charge in [-0.05, 0) is 48.4 Å². The van der Waals surface area contributed by atoms with Gasteiger partial charge in [-0.25, -0.2) is 4.39 Å². The first kappa shape index (κ1) is 14.5. The minimum Gasteiger partial charge on any atom is -0.378 e. The summed E-state index contributed by atoms with van der Waals surface area (Å²) in [7, 11) is 0. The number of aryl methyl sites for hydroxylation is 1. The number of ketones is 1. The fourth-order valence-corrected chi connectivity index (χ4v) is 2.17. The van der Waals surface area contributed by atoms with Gasteiger partial charge in [0.25, 0.3) is 0 Å². The van der Waals surface area contributed by atoms with Crippen LogP contribution in [0.25, 0.3) is 0 Å². The van der Waals surface area contributed by atoms with Gasteiger partial charge in [-0.1, -0.05) is 23.7 Å². The van der Waals surface area contributed by atoms with Gasteiger partial charge in [-0.3, -0.25) is 4.79 Å². The zero-order valence-corrected chi connectivity index (χ0v) is 11.9. The number of carbonyl (C=O) groups excluding carboxylic acids is 1. The predicted octanol–water partition coefficient (Wildman–Crippen LogP) is 4.01. The van der Waals surface area contributed by atoms with Crippen molar-refractivity contribution in [2.45, 2.75) is 13.3 Å². The van der Waals surface area contributed by atoms with Crippen LogP contribution in [0.5, 0.6) is 0 Å². The number of benzene rings is 2. The molecule has 0 fully saturated rings. The lowest BCUT2D eigenvalue weighted by Crippen LogP contribution is -2.16. The highest BCUT2D eigenvalue weighted by Crippen LogP contribution is 2.16. The molecule has 2 rings (SSSR count). The molecule has 1 N–H and O–H groups in total. The lowest BCUT2D eigenvalue weighted by atomic mass is 10.1. The fraction of sp³-hybridized carbons (Fsp3) is 0.188. The Labute approximate surface area is 122 Å². The SMILES string of the molecule is Cc1cc(F)ccc1NCC(=O)Cc1cccc(Cl)c1. The Hall–Kier alpha value is -1.87. The van der Waals surface area contributed by atoms with Gasteiger partial charge < -0.3 is 5.32 Å². The Bertz CT molecular complexity index is 628. The van der Waals surface area contributed by atoms with E-state index in [-0.39, 0.29) is 18.1 Å². The standard InChI is InChI=1S/C16H15ClFNO/c1-11-7-14(18)5-6-16(11)19-10-15(20)9-12-3-2-4-13(17)8-12/h2-8,19H,9-10H2,1H3. The molecule has 0 radical (unpaired) electrons. The minimum absolute atomic E-state index is 0.0518. The molecule has 0 atom stereocenters. The molecule has 0 saturated heterocycles. The summed E-state index contributed by atoms with van der Waals surface area (Å²) in [6, 6.07) is 11.7. The molecule has 0 spiro atoms. The summed E-state index contributed by atoms with van der Waals surface area (Å²) in [5, 5.41) is 3.65. The van der Waals surface area contributed by atoms with Crippen LogP contribution in [-0.4, -0.2) is 12.3 Å². The maximum absolute atomic E-state index is 13.0. The normalized spacial score (nSPS) is 10.3. The molecular weight excluding hydrogens is 277 g/mol. The van der Waals surface area contributed by atoms with E-state index >= 15 is 0 Å². The topological polar surface area (TPSA) is 29.1 Å². The molecule has 2 nitrogen and oxygen atoms in total. The number of rotatable bonds is 5. The molecular formula is C16H15ClFNO. The molecule has 2 aromatic carbocycles. The van der Waals surface area contributed by atoms with Gasteiger partial charge in [0, 0.05) is 17.1 Å². The van der Waals surface area contributed by atoms with Crippen molar-refractivity contribution in [1.29, 1.82) is 0 Å². The van der Waals surface area contributed by atoms with Gasteiger partial charge in [-0.2, -0.15) is 0 Å². The molecule has 104 valence electrons. The molecule has 0 aliphatic heterocycles. The van der Waals surface area contributed by atoms with Crippen LogP contribution >= 0.6 is 11.6 Å². The maximum atomic E-state index is 13.0. The largest absolute Gasteiger partial charge is 0.378 e. The van der Waals surface area contributed by atoms with E-state index in [0.29, 0.717) is 11.4 Å². The first-order valence-corrected chi connectivity index (χ1v) is 6.68. The number of halogens is 2. The van der Waals surface area contributed by atoms with E-state index in [2.05, 4.69) is 5.32 Å². The van der Waals surface area contributed by atoms with E-state index in [9.17, 15) is 9.18 Å². The highest BCUT2D eigenvalue weighted by molar-refractivity contribution is 6.30. The summed E-state index contributed by atoms with van der Waals surface area (Å²) in [4.78, 5) is 11.9. The monoisotopic (exact) mass is 291 g/mol. The number of carbonyl (C=O) groups is 1. The van der Waals surface area contributed by atoms with Crippen LogP contribution in [0, 0.1) is 12.7 Å². The number of hydrogen-bond donors (Lipinski definition) is 1. The quantitative estimate of drug-likeness (QED) is 0.902. The second kappa shape index (κ2) is 6.53. The number of Topliss-reactive ketones (excluding diaryl/α,β-unsaturated/α-hetero) is 1. The van der Waals surface area contributed by atoms with Gasteiger partial charge in [0.05, 0.1) is 6.54 Å². The zero-order chi connectivity index (χ0) is 14.5. The molecule has 0 unspecified atom stereocenters. The Morgan fingerprint density at radius 3 is 2.75 bits per heavy atom. The third-order valence-corrected chi connectivity index (χ3v) is 3.19. The van der Waals surface area contributed by atoms with Crippen LogP contribution in [-0.2, 0) is 11.2 Å². The molecule has 0 amide bonds. The lowest BCUT2D eigenvalue weighted by Gasteiger charge is -2.09. The average Bonchev–Trinajstić information content (AvgIpc) is 2.37. The Kier molecular flexibility index (Phi) is 4.74. The third kappa shape index (κ3) is 4.07. The van der Waals surface area contributed by atoms with Gasteiger partial charge in [0.1, 0.15) is 5.82 Å². The van der Waals surface area contributed by atoms with Crippen molar-refractivity contribution >= 4 is 23.1 Å². The van der Waals surface area contributed by atoms with Crippen molar-refractivity contribution in [2.75, 3.05) is 11.9 Å². The summed E-state index contributed by atoms with van der Waals surface area (Å²) in [6.45, 7) is 2.01. The van der Waals surface area contributed by atoms with E-state index in [4.69, 9.17) is 11.6 Å². The Morgan fingerprint density at radius 1 is 1.25 bits per heavy atom. The van der Waals surface area contributed by atoms with Crippen molar-refractivity contribution in [1.82, 2.24) is 0 Å². The summed E-state index contributed by atoms with van der Waals surface area (Å²) in [5.74, 6) is -0.228. The van der Waals surface area contributed by atoms with E-state index < -0.39 is 0 Å². The van der Waals surface area contributed by atoms with Crippen LogP contribution in [0.3, 0.4) is 0 Å². The van der Waals surface area contributed by atoms with Crippen LogP contribution in [0.15, 0.2) is 42.5 Å². The van der Waals surface area contributed by atoms with E-state index in [1.54, 1.807) is 25.1 Å². The van der Waals surface area contributed by atoms with Crippen molar-refractivity contribution in [3.63, 3.8) is 0 Å². The molecule has 0 heterocycles. The maximum Gasteiger partial charge on any atom is 0.156 e. The zero-order valence-electron chi connectivity index (χ0n) is 11.1. The Balaban J connectivity index is 1.92. The second-order valence-electron chi connectivity index (χ2n) is 4.66. The van der Waals surface area contributed by atoms with Crippen LogP contribution in [0.1, 0.15) is 11.1 Å². The minimum atomic E-state index is -0.279. The van der Waals surface area contributed by atoms with Crippen molar-refractivity contribution < 1.29 is 9.18 Å². The molecule has 0 saturated carbocycles. The molecule has 4 heteroatoms. The predicted molar refractivity (Wildman–Crippen MR) is 79.8 cm³/mol. The van der Waals surface area contributed by atoms with Gasteiger partial charge >= 0.3 is 0 Å². The van der Waals surface area contributed by atoms with E-state index in [1.165, 1.54) is 12.1 Å². The highest BCUT2D eigenvalue weighted by Gasteiger charge is 2.06. The molecule has 20 heavy (non-hydrogen) atoms. The Morgan fingerprint density at radius 2 is 2.05 bits per heavy atom. The third-order valence-electron chi connectivity index (χ3n) is 2.95. The van der Waals surface area contributed by atoms with Gasteiger partial charge in [0.15, 0.2) is 5.78 Å². The summed E-state index contributed by atoms with van der Waals surface area (Å²) in [5.41, 5.74) is 2.44. The smallest absolute Gasteiger partial charge is 0.156 e. The van der Waals surface area contributed by atoms with Gasteiger partial charge in [-0.15, -0.1) is 0 Å². The summed E-state index contributed by atoms with van der Waals surface area (Å²) in [6.07, 6.45) is 0.327. The molecule has 0 aliphatic carbocycles. The average molecular weight is 292 g/mol. The molecule has 0 aromatic heterocycles. The van der Waals surface area contributed by atoms with Crippen LogP contribution < -0.4 is 5.32 Å². The lowest BCUT2D eigenvalue weighted by molar-refractivity contribution is -0.116. The summed E-state index contributed by atoms with van der Waals surface area (Å²) >= 11 is 5.87. The van der Waals surface area contributed by atoms with Crippen molar-refractivity contribution in [3.05, 3.63) is 64.4 Å². The van der Waals surface area contributed by atoms with E-state index in [0.717, 1.165) is 16.8 Å². The van der Waals surface area contributed by atoms with Crippen LogP contribution in [0.4, 0.5) is 10.1 Å². The van der Waals surface area contributed by atoms with Gasteiger partial charge in [0.2, 0.25) is 0 Å². The van der Waals surface area contributed by atoms with Crippen LogP contribution in [0.2, 0.25) is 5.02 Å². The second-order valence-corrected chi connectivity index (χ2v) is 5.09.